The normalized spacial score (nSPS) is 11.4. The third-order valence-corrected chi connectivity index (χ3v) is 6.22. The lowest BCUT2D eigenvalue weighted by Gasteiger charge is -2.14. The molecule has 0 aromatic heterocycles. The van der Waals surface area contributed by atoms with Crippen LogP contribution in [0.3, 0.4) is 0 Å². The monoisotopic (exact) mass is 630 g/mol. The first kappa shape index (κ1) is 33.8. The van der Waals surface area contributed by atoms with Crippen molar-refractivity contribution in [1.82, 2.24) is 10.6 Å². The molecule has 0 aliphatic heterocycles. The highest BCUT2D eigenvalue weighted by atomic mass is 35.5. The number of carbonyl (C=O) groups is 2. The first-order chi connectivity index (χ1) is 21.1. The number of guanidine groups is 2. The Bertz CT molecular complexity index is 1460. The van der Waals surface area contributed by atoms with E-state index >= 15 is 0 Å². The van der Waals surface area contributed by atoms with Crippen LogP contribution in [0.2, 0.25) is 10.0 Å². The second-order valence-corrected chi connectivity index (χ2v) is 10.8. The molecule has 0 bridgehead atoms. The van der Waals surface area contributed by atoms with Gasteiger partial charge in [-0.15, -0.1) is 0 Å². The van der Waals surface area contributed by atoms with Gasteiger partial charge in [0.1, 0.15) is 0 Å². The third kappa shape index (κ3) is 11.6. The van der Waals surface area contributed by atoms with Gasteiger partial charge < -0.3 is 10.6 Å². The predicted octanol–water partition coefficient (Wildman–Crippen LogP) is 7.89. The summed E-state index contributed by atoms with van der Waals surface area (Å²) in [7, 11) is 0. The zero-order valence-electron chi connectivity index (χ0n) is 25.0. The maximum Gasteiger partial charge on any atom is 0.257 e. The summed E-state index contributed by atoms with van der Waals surface area (Å²) in [4.78, 5) is 33.3. The SMILES string of the molecule is CC(C)N=C(NC(=O)c1ccccc1)Nc1ccccc1Cl.CC(C)N=C(NC(=O)c1ccccc1)Nc1ccccc1Cl. The van der Waals surface area contributed by atoms with E-state index in [2.05, 4.69) is 31.3 Å². The average Bonchev–Trinajstić information content (AvgIpc) is 3.00. The van der Waals surface area contributed by atoms with Gasteiger partial charge in [0.25, 0.3) is 11.8 Å². The summed E-state index contributed by atoms with van der Waals surface area (Å²) in [5.41, 5.74) is 2.52. The van der Waals surface area contributed by atoms with Gasteiger partial charge in [-0.25, -0.2) is 9.98 Å². The van der Waals surface area contributed by atoms with Crippen LogP contribution in [-0.2, 0) is 0 Å². The highest BCUT2D eigenvalue weighted by molar-refractivity contribution is 6.34. The van der Waals surface area contributed by atoms with Gasteiger partial charge in [0.2, 0.25) is 11.9 Å². The van der Waals surface area contributed by atoms with Crippen LogP contribution in [0.5, 0.6) is 0 Å². The Morgan fingerprint density at radius 2 is 0.841 bits per heavy atom. The largest absolute Gasteiger partial charge is 0.325 e. The first-order valence-corrected chi connectivity index (χ1v) is 14.8. The minimum absolute atomic E-state index is 0.0288. The third-order valence-electron chi connectivity index (χ3n) is 5.56. The topological polar surface area (TPSA) is 107 Å². The molecule has 0 radical (unpaired) electrons. The van der Waals surface area contributed by atoms with Crippen LogP contribution in [0.1, 0.15) is 48.4 Å². The number of hydrogen-bond donors (Lipinski definition) is 4. The summed E-state index contributed by atoms with van der Waals surface area (Å²) in [6.45, 7) is 7.73. The van der Waals surface area contributed by atoms with Gasteiger partial charge >= 0.3 is 0 Å². The molecule has 4 N–H and O–H groups in total. The minimum Gasteiger partial charge on any atom is -0.325 e. The Morgan fingerprint density at radius 1 is 0.523 bits per heavy atom. The number of amides is 2. The Hall–Kier alpha value is -4.66. The quantitative estimate of drug-likeness (QED) is 0.128. The molecule has 4 rings (SSSR count). The van der Waals surface area contributed by atoms with Crippen molar-refractivity contribution >= 4 is 58.3 Å². The van der Waals surface area contributed by atoms with Gasteiger partial charge in [-0.3, -0.25) is 20.2 Å². The van der Waals surface area contributed by atoms with Crippen LogP contribution in [0, 0.1) is 0 Å². The van der Waals surface area contributed by atoms with Gasteiger partial charge in [-0.2, -0.15) is 0 Å². The molecule has 2 amide bonds. The van der Waals surface area contributed by atoms with Crippen molar-refractivity contribution in [3.63, 3.8) is 0 Å². The number of hydrogen-bond acceptors (Lipinski definition) is 4. The van der Waals surface area contributed by atoms with E-state index in [0.717, 1.165) is 0 Å². The second-order valence-electron chi connectivity index (χ2n) is 9.99. The molecule has 44 heavy (non-hydrogen) atoms. The van der Waals surface area contributed by atoms with Crippen LogP contribution in [0.15, 0.2) is 119 Å². The van der Waals surface area contributed by atoms with E-state index in [1.807, 2.05) is 100 Å². The molecule has 0 saturated carbocycles. The number of anilines is 2. The van der Waals surface area contributed by atoms with E-state index in [9.17, 15) is 9.59 Å². The summed E-state index contributed by atoms with van der Waals surface area (Å²) < 4.78 is 0. The fourth-order valence-corrected chi connectivity index (χ4v) is 3.99. The van der Waals surface area contributed by atoms with Crippen molar-refractivity contribution < 1.29 is 9.59 Å². The standard InChI is InChI=1S/2C17H18ClN3O/c2*1-12(2)19-17(20-15-11-7-6-10-14(15)18)21-16(22)13-8-4-3-5-9-13/h2*3-12H,1-2H3,(H2,19,20,21,22). The molecular formula is C34H36Cl2N6O2. The summed E-state index contributed by atoms with van der Waals surface area (Å²) >= 11 is 12.3. The van der Waals surface area contributed by atoms with Crippen LogP contribution < -0.4 is 21.3 Å². The zero-order chi connectivity index (χ0) is 31.9. The molecule has 0 fully saturated rings. The zero-order valence-corrected chi connectivity index (χ0v) is 26.5. The van der Waals surface area contributed by atoms with Crippen molar-refractivity contribution in [1.29, 1.82) is 0 Å². The molecule has 0 heterocycles. The summed E-state index contributed by atoms with van der Waals surface area (Å²) in [6.07, 6.45) is 0. The van der Waals surface area contributed by atoms with Crippen molar-refractivity contribution in [3.8, 4) is 0 Å². The molecule has 0 aliphatic carbocycles. The first-order valence-electron chi connectivity index (χ1n) is 14.0. The van der Waals surface area contributed by atoms with Gasteiger partial charge in [0.15, 0.2) is 0 Å². The number of halogens is 2. The molecule has 228 valence electrons. The van der Waals surface area contributed by atoms with E-state index in [1.54, 1.807) is 36.4 Å². The lowest BCUT2D eigenvalue weighted by atomic mass is 10.2. The van der Waals surface area contributed by atoms with Crippen molar-refractivity contribution in [3.05, 3.63) is 130 Å². The van der Waals surface area contributed by atoms with Gasteiger partial charge in [-0.05, 0) is 76.2 Å². The number of carbonyl (C=O) groups excluding carboxylic acids is 2. The van der Waals surface area contributed by atoms with Crippen LogP contribution in [0.4, 0.5) is 11.4 Å². The fraction of sp³-hybridized carbons (Fsp3) is 0.176. The molecule has 0 spiro atoms. The average molecular weight is 632 g/mol. The molecule has 4 aromatic carbocycles. The van der Waals surface area contributed by atoms with Crippen LogP contribution in [-0.4, -0.2) is 35.8 Å². The van der Waals surface area contributed by atoms with E-state index in [4.69, 9.17) is 23.2 Å². The molecule has 0 atom stereocenters. The number of nitrogens with zero attached hydrogens (tertiary/aromatic N) is 2. The van der Waals surface area contributed by atoms with Crippen LogP contribution in [0.25, 0.3) is 0 Å². The maximum absolute atomic E-state index is 12.2. The Morgan fingerprint density at radius 3 is 1.16 bits per heavy atom. The number of rotatable bonds is 6. The van der Waals surface area contributed by atoms with E-state index < -0.39 is 0 Å². The molecule has 10 heteroatoms. The summed E-state index contributed by atoms with van der Waals surface area (Å²) in [5.74, 6) is 0.299. The number of nitrogens with one attached hydrogen (secondary N) is 4. The van der Waals surface area contributed by atoms with Gasteiger partial charge in [0.05, 0.1) is 21.4 Å². The lowest BCUT2D eigenvalue weighted by molar-refractivity contribution is 0.0968. The smallest absolute Gasteiger partial charge is 0.257 e. The fourth-order valence-electron chi connectivity index (χ4n) is 3.63. The number of para-hydroxylation sites is 2. The molecule has 4 aromatic rings. The van der Waals surface area contributed by atoms with Crippen molar-refractivity contribution in [2.45, 2.75) is 39.8 Å². The highest BCUT2D eigenvalue weighted by Gasteiger charge is 2.12. The van der Waals surface area contributed by atoms with E-state index in [1.165, 1.54) is 0 Å². The summed E-state index contributed by atoms with van der Waals surface area (Å²) in [6, 6.07) is 32.6. The Kier molecular flexibility index (Phi) is 13.4. The van der Waals surface area contributed by atoms with Crippen molar-refractivity contribution in [2.24, 2.45) is 9.98 Å². The molecule has 8 nitrogen and oxygen atoms in total. The molecule has 0 unspecified atom stereocenters. The van der Waals surface area contributed by atoms with E-state index in [0.29, 0.717) is 44.5 Å². The van der Waals surface area contributed by atoms with Crippen molar-refractivity contribution in [2.75, 3.05) is 10.6 Å². The Balaban J connectivity index is 0.000000240. The molecular weight excluding hydrogens is 595 g/mol. The number of benzene rings is 4. The van der Waals surface area contributed by atoms with Gasteiger partial charge in [-0.1, -0.05) is 83.9 Å². The summed E-state index contributed by atoms with van der Waals surface area (Å²) in [5, 5.41) is 12.8. The Labute approximate surface area is 268 Å². The second kappa shape index (κ2) is 17.5. The molecule has 0 aliphatic rings. The minimum atomic E-state index is -0.223. The molecule has 0 saturated heterocycles. The van der Waals surface area contributed by atoms with E-state index in [-0.39, 0.29) is 23.9 Å². The maximum atomic E-state index is 12.2. The highest BCUT2D eigenvalue weighted by Crippen LogP contribution is 2.21. The van der Waals surface area contributed by atoms with Crippen LogP contribution >= 0.6 is 23.2 Å². The van der Waals surface area contributed by atoms with Gasteiger partial charge in [0, 0.05) is 23.2 Å². The predicted molar refractivity (Wildman–Crippen MR) is 183 cm³/mol. The lowest BCUT2D eigenvalue weighted by Crippen LogP contribution is -2.36. The number of aliphatic imine (C=N–C) groups is 2.